The van der Waals surface area contributed by atoms with Crippen LogP contribution in [0.25, 0.3) is 5.73 Å². The topological polar surface area (TPSA) is 47.7 Å². The number of hydrogen-bond donors (Lipinski definition) is 1. The first-order valence-electron chi connectivity index (χ1n) is 3.99. The molecule has 65 valence electrons. The van der Waals surface area contributed by atoms with Gasteiger partial charge in [-0.05, 0) is 17.1 Å². The van der Waals surface area contributed by atoms with E-state index in [-0.39, 0.29) is 5.41 Å². The normalized spacial score (nSPS) is 19.7. The predicted octanol–water partition coefficient (Wildman–Crippen LogP) is 3.13. The second-order valence-corrected chi connectivity index (χ2v) is 4.01. The highest BCUT2D eigenvalue weighted by Crippen LogP contribution is 2.30. The zero-order chi connectivity index (χ0) is 9.35. The summed E-state index contributed by atoms with van der Waals surface area (Å²) < 4.78 is 0. The molecule has 0 aliphatic heterocycles. The summed E-state index contributed by atoms with van der Waals surface area (Å²) in [5.74, 6) is 0. The summed E-state index contributed by atoms with van der Waals surface area (Å²) in [5, 5.41) is 7.45. The third kappa shape index (κ3) is 1.83. The van der Waals surface area contributed by atoms with Crippen molar-refractivity contribution < 1.29 is 0 Å². The zero-order valence-corrected chi connectivity index (χ0v) is 7.73. The molecule has 0 saturated heterocycles. The average molecular weight is 162 g/mol. The Morgan fingerprint density at radius 2 is 1.83 bits per heavy atom. The van der Waals surface area contributed by atoms with Crippen LogP contribution in [0.4, 0.5) is 0 Å². The van der Waals surface area contributed by atoms with Gasteiger partial charge in [0.05, 0.1) is 0 Å². The lowest BCUT2D eigenvalue weighted by atomic mass is 9.82. The van der Waals surface area contributed by atoms with E-state index in [1.165, 1.54) is 0 Å². The minimum absolute atomic E-state index is 0.0729. The van der Waals surface area contributed by atoms with Gasteiger partial charge in [-0.15, -0.1) is 0 Å². The largest absolute Gasteiger partial charge is 0.664 e. The van der Waals surface area contributed by atoms with Gasteiger partial charge in [-0.25, -0.2) is 0 Å². The van der Waals surface area contributed by atoms with Crippen molar-refractivity contribution in [1.82, 2.24) is 0 Å². The lowest BCUT2D eigenvalue weighted by Crippen LogP contribution is -2.14. The van der Waals surface area contributed by atoms with Crippen LogP contribution >= 0.6 is 0 Å². The van der Waals surface area contributed by atoms with E-state index in [4.69, 9.17) is 11.1 Å². The predicted molar refractivity (Wildman–Crippen MR) is 52.0 cm³/mol. The minimum Gasteiger partial charge on any atom is -0.664 e. The summed E-state index contributed by atoms with van der Waals surface area (Å²) in [6.07, 6.45) is 5.37. The van der Waals surface area contributed by atoms with Gasteiger partial charge in [-0.2, -0.15) is 0 Å². The fourth-order valence-corrected chi connectivity index (χ4v) is 1.01. The number of allylic oxidation sites excluding steroid dienone is 2. The molecule has 0 aromatic carbocycles. The molecule has 1 rings (SSSR count). The summed E-state index contributed by atoms with van der Waals surface area (Å²) >= 11 is 0. The van der Waals surface area contributed by atoms with Gasteiger partial charge in [-0.3, -0.25) is 0 Å². The molecule has 0 bridgehead atoms. The summed E-state index contributed by atoms with van der Waals surface area (Å²) in [5.41, 5.74) is 8.83. The zero-order valence-electron chi connectivity index (χ0n) is 7.73. The van der Waals surface area contributed by atoms with Crippen LogP contribution in [0.2, 0.25) is 0 Å². The van der Waals surface area contributed by atoms with Crippen molar-refractivity contribution in [2.75, 3.05) is 0 Å². The molecule has 0 aromatic rings. The number of rotatable bonds is 0. The van der Waals surface area contributed by atoms with Crippen LogP contribution in [-0.4, -0.2) is 5.71 Å². The second-order valence-electron chi connectivity index (χ2n) is 4.01. The van der Waals surface area contributed by atoms with E-state index in [0.29, 0.717) is 11.8 Å². The molecular formula is C10H14N2-. The van der Waals surface area contributed by atoms with Crippen molar-refractivity contribution in [1.29, 1.82) is 5.41 Å². The van der Waals surface area contributed by atoms with Crippen LogP contribution in [0.1, 0.15) is 20.8 Å². The first kappa shape index (κ1) is 9.20. The quantitative estimate of drug-likeness (QED) is 0.569. The Balaban J connectivity index is 2.91. The molecule has 0 aromatic heterocycles. The highest BCUT2D eigenvalue weighted by molar-refractivity contribution is 6.08. The lowest BCUT2D eigenvalue weighted by molar-refractivity contribution is 0.517. The van der Waals surface area contributed by atoms with Crippen molar-refractivity contribution in [3.05, 3.63) is 35.6 Å². The van der Waals surface area contributed by atoms with Gasteiger partial charge in [0.1, 0.15) is 0 Å². The summed E-state index contributed by atoms with van der Waals surface area (Å²) in [6.45, 7) is 6.31. The van der Waals surface area contributed by atoms with Crippen LogP contribution in [0.5, 0.6) is 0 Å². The molecule has 0 amide bonds. The van der Waals surface area contributed by atoms with Crippen molar-refractivity contribution in [3.8, 4) is 0 Å². The molecule has 0 unspecified atom stereocenters. The van der Waals surface area contributed by atoms with Gasteiger partial charge < -0.3 is 11.1 Å². The molecule has 12 heavy (non-hydrogen) atoms. The Labute approximate surface area is 73.7 Å². The fourth-order valence-electron chi connectivity index (χ4n) is 1.01. The van der Waals surface area contributed by atoms with Gasteiger partial charge >= 0.3 is 0 Å². The highest BCUT2D eigenvalue weighted by Gasteiger charge is 2.17. The summed E-state index contributed by atoms with van der Waals surface area (Å²) in [7, 11) is 0. The van der Waals surface area contributed by atoms with Crippen LogP contribution in [0.15, 0.2) is 23.8 Å². The Morgan fingerprint density at radius 1 is 1.25 bits per heavy atom. The molecule has 0 saturated carbocycles. The molecule has 2 heteroatoms. The van der Waals surface area contributed by atoms with E-state index in [2.05, 4.69) is 20.8 Å². The maximum absolute atomic E-state index is 7.45. The Kier molecular flexibility index (Phi) is 2.20. The minimum atomic E-state index is 0.0729. The van der Waals surface area contributed by atoms with E-state index in [0.717, 1.165) is 5.57 Å². The molecule has 1 radical (unpaired) electrons. The molecule has 0 spiro atoms. The SMILES string of the molecule is CC(C)(C)C1=CC(=N)[C]([NH-])C=C1. The highest BCUT2D eigenvalue weighted by atomic mass is 14.7. The van der Waals surface area contributed by atoms with Crippen molar-refractivity contribution in [3.63, 3.8) is 0 Å². The van der Waals surface area contributed by atoms with E-state index in [1.54, 1.807) is 12.2 Å². The summed E-state index contributed by atoms with van der Waals surface area (Å²) in [6, 6.07) is 0.294. The Bertz CT molecular complexity index is 254. The maximum Gasteiger partial charge on any atom is 0.0203 e. The molecule has 2 nitrogen and oxygen atoms in total. The average Bonchev–Trinajstić information content (AvgIpc) is 1.92. The molecular weight excluding hydrogens is 148 g/mol. The first-order valence-corrected chi connectivity index (χ1v) is 3.99. The third-order valence-electron chi connectivity index (χ3n) is 1.89. The Morgan fingerprint density at radius 3 is 2.25 bits per heavy atom. The van der Waals surface area contributed by atoms with Crippen LogP contribution in [0, 0.1) is 16.9 Å². The van der Waals surface area contributed by atoms with E-state index in [1.807, 2.05) is 6.08 Å². The molecule has 1 aliphatic rings. The fraction of sp³-hybridized carbons (Fsp3) is 0.400. The molecule has 0 heterocycles. The smallest absolute Gasteiger partial charge is 0.0203 e. The maximum atomic E-state index is 7.45. The van der Waals surface area contributed by atoms with E-state index < -0.39 is 0 Å². The molecule has 1 aliphatic carbocycles. The van der Waals surface area contributed by atoms with Crippen molar-refractivity contribution >= 4 is 5.71 Å². The van der Waals surface area contributed by atoms with Crippen LogP contribution in [0.3, 0.4) is 0 Å². The van der Waals surface area contributed by atoms with Crippen molar-refractivity contribution in [2.24, 2.45) is 5.41 Å². The van der Waals surface area contributed by atoms with Gasteiger partial charge in [0, 0.05) is 5.71 Å². The Hall–Kier alpha value is -0.890. The van der Waals surface area contributed by atoms with Crippen LogP contribution in [-0.2, 0) is 0 Å². The standard InChI is InChI=1S/C10H14N2/c1-10(2,3)7-4-5-8(11)9(12)6-7/h4-6,11-12H,1-3H3/q-1. The van der Waals surface area contributed by atoms with E-state index in [9.17, 15) is 0 Å². The van der Waals surface area contributed by atoms with Gasteiger partial charge in [-0.1, -0.05) is 39.0 Å². The van der Waals surface area contributed by atoms with Gasteiger partial charge in [0.15, 0.2) is 0 Å². The van der Waals surface area contributed by atoms with E-state index >= 15 is 0 Å². The molecule has 0 fully saturated rings. The second kappa shape index (κ2) is 2.87. The van der Waals surface area contributed by atoms with Gasteiger partial charge in [0.2, 0.25) is 0 Å². The summed E-state index contributed by atoms with van der Waals surface area (Å²) in [4.78, 5) is 0. The number of nitrogens with one attached hydrogen (secondary N) is 2. The molecule has 2 N–H and O–H groups in total. The third-order valence-corrected chi connectivity index (χ3v) is 1.89. The first-order chi connectivity index (χ1) is 5.41. The van der Waals surface area contributed by atoms with Crippen molar-refractivity contribution in [2.45, 2.75) is 20.8 Å². The van der Waals surface area contributed by atoms with Crippen LogP contribution < -0.4 is 0 Å². The number of hydrogen-bond acceptors (Lipinski definition) is 1. The lowest BCUT2D eigenvalue weighted by Gasteiger charge is -2.26. The monoisotopic (exact) mass is 162 g/mol. The van der Waals surface area contributed by atoms with Gasteiger partial charge in [0.25, 0.3) is 0 Å². The molecule has 0 atom stereocenters.